The van der Waals surface area contributed by atoms with Crippen molar-refractivity contribution >= 4 is 78.1 Å². The fourth-order valence-electron chi connectivity index (χ4n) is 9.62. The number of aromatic nitrogens is 2. The predicted octanol–water partition coefficient (Wildman–Crippen LogP) is 6.35. The number of carboxylic acid groups (broad SMARTS) is 1. The Labute approximate surface area is 398 Å². The van der Waals surface area contributed by atoms with Gasteiger partial charge in [-0.3, -0.25) is 14.4 Å². The van der Waals surface area contributed by atoms with Gasteiger partial charge in [-0.25, -0.2) is 28.0 Å². The first-order chi connectivity index (χ1) is 31.8. The highest BCUT2D eigenvalue weighted by molar-refractivity contribution is 7.93. The number of anilines is 1. The van der Waals surface area contributed by atoms with Crippen LogP contribution >= 0.6 is 22.7 Å². The third-order valence-corrected chi connectivity index (χ3v) is 17.3. The zero-order chi connectivity index (χ0) is 48.0. The molecule has 20 heteroatoms. The second kappa shape index (κ2) is 19.0. The van der Waals surface area contributed by atoms with Crippen molar-refractivity contribution < 1.29 is 47.0 Å². The number of thiophene rings is 1. The lowest BCUT2D eigenvalue weighted by atomic mass is 9.82. The number of nitrogens with one attached hydrogen (secondary N) is 4. The minimum absolute atomic E-state index is 0.00721. The van der Waals surface area contributed by atoms with Gasteiger partial charge in [0.1, 0.15) is 46.2 Å². The van der Waals surface area contributed by atoms with Gasteiger partial charge in [-0.2, -0.15) is 0 Å². The van der Waals surface area contributed by atoms with Gasteiger partial charge in [-0.05, 0) is 68.0 Å². The summed E-state index contributed by atoms with van der Waals surface area (Å²) in [7, 11) is -2.41. The van der Waals surface area contributed by atoms with E-state index >= 15 is 4.79 Å². The predicted molar refractivity (Wildman–Crippen MR) is 254 cm³/mol. The Hall–Kier alpha value is -5.34. The van der Waals surface area contributed by atoms with E-state index in [1.54, 1.807) is 51.5 Å². The molecule has 3 aromatic heterocycles. The van der Waals surface area contributed by atoms with Crippen LogP contribution in [0.2, 0.25) is 0 Å². The maximum atomic E-state index is 15.0. The van der Waals surface area contributed by atoms with Crippen molar-refractivity contribution in [1.82, 2.24) is 30.8 Å². The molecule has 1 aromatic carbocycles. The summed E-state index contributed by atoms with van der Waals surface area (Å²) in [5.41, 5.74) is -0.673. The molecule has 4 amide bonds. The molecule has 1 aliphatic carbocycles. The van der Waals surface area contributed by atoms with E-state index in [0.29, 0.717) is 51.5 Å². The molecule has 0 spiro atoms. The van der Waals surface area contributed by atoms with Crippen LogP contribution in [0.25, 0.3) is 22.3 Å². The normalized spacial score (nSPS) is 25.7. The molecule has 67 heavy (non-hydrogen) atoms. The number of aliphatic carboxylic acids is 1. The van der Waals surface area contributed by atoms with E-state index in [1.807, 2.05) is 25.3 Å². The molecule has 0 radical (unpaired) electrons. The van der Waals surface area contributed by atoms with Crippen LogP contribution in [0.3, 0.4) is 0 Å². The maximum absolute atomic E-state index is 15.0. The summed E-state index contributed by atoms with van der Waals surface area (Å²) in [6.07, 6.45) is 4.10. The minimum atomic E-state index is -3.97. The highest BCUT2D eigenvalue weighted by Crippen LogP contribution is 2.48. The molecule has 7 atom stereocenters. The summed E-state index contributed by atoms with van der Waals surface area (Å²) in [4.78, 5) is 82.2. The lowest BCUT2D eigenvalue weighted by Crippen LogP contribution is -2.60. The Morgan fingerprint density at radius 3 is 2.45 bits per heavy atom. The van der Waals surface area contributed by atoms with Crippen LogP contribution in [0.1, 0.15) is 97.3 Å². The van der Waals surface area contributed by atoms with Crippen molar-refractivity contribution in [3.63, 3.8) is 0 Å². The van der Waals surface area contributed by atoms with Gasteiger partial charge in [0.25, 0.3) is 0 Å². The van der Waals surface area contributed by atoms with Crippen LogP contribution in [0.5, 0.6) is 11.5 Å². The standard InChI is InChI=1S/C47H59N7O10S3/c1-25(2)48-45-51-33(24-66-45)32-20-35(29-15-14-27(63-6)18-31(29)49-32)64-28-19-34-41(56)53-47(43(58)59)22-26(47)12-10-8-7-9-11-13-30(42(57)54(34)23-28)50-44(60)52-40(46(3,4)5)39(55)38-21-36-37(16-17-65-36)67(38,61)62/h14-18,20,24-26,28,30,34,38,40H,7-13,19,21-23H2,1-6H3,(H,48,51)(H,53,56)(H,58,59)(H2,50,52,60)/t26?,28-,30+,34+,38?,40?,47-/m1/s1. The van der Waals surface area contributed by atoms with Crippen LogP contribution in [-0.2, 0) is 35.4 Å². The third-order valence-electron chi connectivity index (χ3n) is 13.3. The monoisotopic (exact) mass is 977 g/mol. The number of methoxy groups -OCH3 is 1. The molecule has 8 rings (SSSR count). The number of carbonyl (C=O) groups is 5. The number of ether oxygens (including phenoxy) is 2. The highest BCUT2D eigenvalue weighted by atomic mass is 32.2. The number of fused-ring (bicyclic) bond motifs is 4. The zero-order valence-electron chi connectivity index (χ0n) is 38.5. The molecule has 3 unspecified atom stereocenters. The molecule has 5 N–H and O–H groups in total. The number of amides is 4. The van der Waals surface area contributed by atoms with Crippen molar-refractivity contribution in [2.75, 3.05) is 19.0 Å². The molecule has 1 saturated carbocycles. The Bertz CT molecular complexity index is 2680. The maximum Gasteiger partial charge on any atom is 0.329 e. The number of rotatable bonds is 11. The molecular formula is C47H59N7O10S3. The molecule has 2 saturated heterocycles. The van der Waals surface area contributed by atoms with E-state index in [4.69, 9.17) is 19.4 Å². The quantitative estimate of drug-likeness (QED) is 0.110. The summed E-state index contributed by atoms with van der Waals surface area (Å²) < 4.78 is 39.3. The fraction of sp³-hybridized carbons (Fsp3) is 0.553. The molecule has 4 aliphatic rings. The SMILES string of the molecule is COc1ccc2c(O[C@@H]3C[C@H]4C(=O)N[C@]5(C(=O)O)CC5CCCCCCC[C@H](NC(=O)NC(C(=O)C5Cc6sccc6S5(=O)=O)C(C)(C)C)C(=O)N4C3)cc(-c3csc(NC(C)C)n3)nc2c1. The number of hydrogen-bond donors (Lipinski definition) is 5. The van der Waals surface area contributed by atoms with Crippen molar-refractivity contribution in [2.24, 2.45) is 11.3 Å². The second-order valence-corrected chi connectivity index (χ2v) is 23.5. The van der Waals surface area contributed by atoms with E-state index in [2.05, 4.69) is 21.3 Å². The molecular weight excluding hydrogens is 919 g/mol. The third kappa shape index (κ3) is 9.97. The molecule has 17 nitrogen and oxygen atoms in total. The molecule has 0 bridgehead atoms. The Kier molecular flexibility index (Phi) is 13.6. The molecule has 4 aromatic rings. The summed E-state index contributed by atoms with van der Waals surface area (Å²) in [5, 5.41) is 25.7. The minimum Gasteiger partial charge on any atom is -0.497 e. The smallest absolute Gasteiger partial charge is 0.329 e. The molecule has 6 heterocycles. The lowest BCUT2D eigenvalue weighted by molar-refractivity contribution is -0.145. The Balaban J connectivity index is 1.09. The summed E-state index contributed by atoms with van der Waals surface area (Å²) in [6, 6.07) is 4.40. The van der Waals surface area contributed by atoms with E-state index in [-0.39, 0.29) is 49.1 Å². The lowest BCUT2D eigenvalue weighted by Gasteiger charge is -2.33. The van der Waals surface area contributed by atoms with E-state index < -0.39 is 79.9 Å². The van der Waals surface area contributed by atoms with E-state index in [0.717, 1.165) is 30.8 Å². The summed E-state index contributed by atoms with van der Waals surface area (Å²) in [5.74, 6) is -2.24. The molecule has 3 aliphatic heterocycles. The Morgan fingerprint density at radius 2 is 1.75 bits per heavy atom. The number of benzene rings is 1. The van der Waals surface area contributed by atoms with Crippen molar-refractivity contribution in [3.05, 3.63) is 46.0 Å². The number of hydrogen-bond acceptors (Lipinski definition) is 14. The topological polar surface area (TPSA) is 235 Å². The Morgan fingerprint density at radius 1 is 1.00 bits per heavy atom. The summed E-state index contributed by atoms with van der Waals surface area (Å²) in [6.45, 7) is 9.14. The number of ketones is 1. The largest absolute Gasteiger partial charge is 0.497 e. The van der Waals surface area contributed by atoms with Gasteiger partial charge in [0.05, 0.1) is 35.8 Å². The van der Waals surface area contributed by atoms with Crippen molar-refractivity contribution in [1.29, 1.82) is 0 Å². The van der Waals surface area contributed by atoms with E-state index in [9.17, 15) is 32.7 Å². The van der Waals surface area contributed by atoms with Gasteiger partial charge in [0.15, 0.2) is 20.8 Å². The zero-order valence-corrected chi connectivity index (χ0v) is 41.0. The number of urea groups is 1. The first-order valence-corrected chi connectivity index (χ1v) is 26.2. The first-order valence-electron chi connectivity index (χ1n) is 22.9. The number of carboxylic acids is 1. The summed E-state index contributed by atoms with van der Waals surface area (Å²) >= 11 is 2.71. The van der Waals surface area contributed by atoms with Gasteiger partial charge < -0.3 is 40.7 Å². The van der Waals surface area contributed by atoms with Crippen LogP contribution < -0.4 is 30.7 Å². The fourth-order valence-corrected chi connectivity index (χ4v) is 13.8. The number of sulfone groups is 1. The van der Waals surface area contributed by atoms with Crippen LogP contribution in [0, 0.1) is 11.3 Å². The van der Waals surface area contributed by atoms with Gasteiger partial charge in [0, 0.05) is 46.7 Å². The van der Waals surface area contributed by atoms with E-state index in [1.165, 1.54) is 33.6 Å². The van der Waals surface area contributed by atoms with Crippen LogP contribution in [0.15, 0.2) is 46.0 Å². The number of pyridine rings is 1. The van der Waals surface area contributed by atoms with Gasteiger partial charge >= 0.3 is 12.0 Å². The van der Waals surface area contributed by atoms with Crippen LogP contribution in [-0.4, -0.2) is 113 Å². The van der Waals surface area contributed by atoms with Crippen molar-refractivity contribution in [2.45, 2.75) is 145 Å². The first kappa shape index (κ1) is 48.1. The number of thiazole rings is 1. The number of Topliss-reactive ketones (excluding diaryl/α,β-unsaturated/α-hetero) is 1. The average Bonchev–Trinajstić information content (AvgIpc) is 3.76. The number of nitrogens with zero attached hydrogens (tertiary/aromatic N) is 3. The average molecular weight is 978 g/mol. The van der Waals surface area contributed by atoms with Gasteiger partial charge in [-0.15, -0.1) is 22.7 Å². The molecule has 360 valence electrons. The second-order valence-electron chi connectivity index (χ2n) is 19.5. The van der Waals surface area contributed by atoms with Gasteiger partial charge in [0.2, 0.25) is 11.8 Å². The van der Waals surface area contributed by atoms with Crippen molar-refractivity contribution in [3.8, 4) is 22.9 Å². The highest BCUT2D eigenvalue weighted by Gasteiger charge is 2.62. The number of carbonyl (C=O) groups excluding carboxylic acids is 4. The molecule has 3 fully saturated rings. The van der Waals surface area contributed by atoms with Crippen LogP contribution in [0.4, 0.5) is 9.93 Å². The van der Waals surface area contributed by atoms with Gasteiger partial charge in [-0.1, -0.05) is 52.9 Å².